The number of halogens is 1. The van der Waals surface area contributed by atoms with Crippen LogP contribution in [0.2, 0.25) is 5.02 Å². The van der Waals surface area contributed by atoms with Crippen molar-refractivity contribution >= 4 is 27.6 Å². The number of esters is 1. The number of hydrogen-bond acceptors (Lipinski definition) is 4. The molecule has 1 aliphatic rings. The lowest BCUT2D eigenvalue weighted by Gasteiger charge is -2.24. The van der Waals surface area contributed by atoms with E-state index in [-0.39, 0.29) is 15.5 Å². The molecule has 20 heavy (non-hydrogen) atoms. The molecule has 7 heteroatoms. The number of ether oxygens (including phenoxy) is 1. The van der Waals surface area contributed by atoms with Gasteiger partial charge in [-0.25, -0.2) is 18.4 Å². The van der Waals surface area contributed by atoms with Gasteiger partial charge in [-0.15, -0.1) is 0 Å². The van der Waals surface area contributed by atoms with Gasteiger partial charge in [-0.1, -0.05) is 30.9 Å². The van der Waals surface area contributed by atoms with E-state index in [1.54, 1.807) is 0 Å². The molecule has 0 heterocycles. The molecular weight excluding hydrogens is 302 g/mol. The monoisotopic (exact) mass is 317 g/mol. The van der Waals surface area contributed by atoms with Crippen molar-refractivity contribution in [2.45, 2.75) is 30.6 Å². The number of sulfonamides is 1. The first kappa shape index (κ1) is 15.3. The highest BCUT2D eigenvalue weighted by Crippen LogP contribution is 2.29. The second-order valence-electron chi connectivity index (χ2n) is 4.91. The molecule has 0 aliphatic heterocycles. The van der Waals surface area contributed by atoms with Crippen LogP contribution in [0.25, 0.3) is 0 Å². The summed E-state index contributed by atoms with van der Waals surface area (Å²) in [6, 6.07) is 3.72. The zero-order valence-electron chi connectivity index (χ0n) is 10.8. The lowest BCUT2D eigenvalue weighted by atomic mass is 9.83. The topological polar surface area (TPSA) is 86.5 Å². The molecule has 1 aliphatic carbocycles. The van der Waals surface area contributed by atoms with Gasteiger partial charge in [0.1, 0.15) is 0 Å². The number of hydrogen-bond donors (Lipinski definition) is 1. The number of rotatable bonds is 5. The molecule has 0 spiro atoms. The van der Waals surface area contributed by atoms with Gasteiger partial charge in [0, 0.05) is 0 Å². The molecule has 1 aromatic rings. The van der Waals surface area contributed by atoms with Crippen molar-refractivity contribution in [3.8, 4) is 0 Å². The van der Waals surface area contributed by atoms with Crippen LogP contribution in [0.4, 0.5) is 0 Å². The van der Waals surface area contributed by atoms with Crippen LogP contribution in [0.15, 0.2) is 23.1 Å². The van der Waals surface area contributed by atoms with Gasteiger partial charge in [0.05, 0.1) is 22.1 Å². The van der Waals surface area contributed by atoms with E-state index in [1.807, 2.05) is 0 Å². The molecule has 0 bridgehead atoms. The Balaban J connectivity index is 2.04. The summed E-state index contributed by atoms with van der Waals surface area (Å²) in [4.78, 5) is 11.7. The Morgan fingerprint density at radius 3 is 2.65 bits per heavy atom. The summed E-state index contributed by atoms with van der Waals surface area (Å²) in [6.45, 7) is 0.319. The van der Waals surface area contributed by atoms with E-state index in [1.165, 1.54) is 31.4 Å². The van der Waals surface area contributed by atoms with Crippen LogP contribution in [0.5, 0.6) is 0 Å². The molecule has 5 nitrogen and oxygen atoms in total. The van der Waals surface area contributed by atoms with Crippen LogP contribution in [0, 0.1) is 5.92 Å². The van der Waals surface area contributed by atoms with E-state index in [4.69, 9.17) is 21.5 Å². The molecular formula is C13H16ClNO4S. The quantitative estimate of drug-likeness (QED) is 0.844. The lowest BCUT2D eigenvalue weighted by molar-refractivity contribution is 0.0464. The summed E-state index contributed by atoms with van der Waals surface area (Å²) in [5.74, 6) is 0.00819. The Hall–Kier alpha value is -1.11. The second-order valence-corrected chi connectivity index (χ2v) is 6.88. The maximum Gasteiger partial charge on any atom is 0.339 e. The molecule has 1 saturated carbocycles. The average Bonchev–Trinajstić information content (AvgIpc) is 2.31. The van der Waals surface area contributed by atoms with Crippen LogP contribution in [-0.2, 0) is 14.8 Å². The summed E-state index contributed by atoms with van der Waals surface area (Å²) in [5.41, 5.74) is 0.0202. The Kier molecular flexibility index (Phi) is 4.67. The summed E-state index contributed by atoms with van der Waals surface area (Å²) in [5, 5.41) is 5.16. The van der Waals surface area contributed by atoms with Gasteiger partial charge in [-0.05, 0) is 30.5 Å². The third-order valence-electron chi connectivity index (χ3n) is 3.47. The highest BCUT2D eigenvalue weighted by molar-refractivity contribution is 7.89. The summed E-state index contributed by atoms with van der Waals surface area (Å²) in [7, 11) is -3.87. The van der Waals surface area contributed by atoms with Gasteiger partial charge < -0.3 is 4.74 Å². The molecule has 2 N–H and O–H groups in total. The van der Waals surface area contributed by atoms with Crippen molar-refractivity contribution in [3.63, 3.8) is 0 Å². The Bertz CT molecular complexity index is 611. The van der Waals surface area contributed by atoms with Crippen molar-refractivity contribution in [2.75, 3.05) is 6.61 Å². The van der Waals surface area contributed by atoms with Gasteiger partial charge in [0.15, 0.2) is 0 Å². The molecule has 0 aromatic heterocycles. The minimum Gasteiger partial charge on any atom is -0.462 e. The van der Waals surface area contributed by atoms with Crippen LogP contribution < -0.4 is 5.14 Å². The van der Waals surface area contributed by atoms with Crippen LogP contribution >= 0.6 is 11.6 Å². The summed E-state index contributed by atoms with van der Waals surface area (Å²) >= 11 is 5.88. The SMILES string of the molecule is NS(=O)(=O)c1ccc(Cl)c(C(=O)OCCC2CCC2)c1. The van der Waals surface area contributed by atoms with E-state index in [2.05, 4.69) is 0 Å². The minimum absolute atomic E-state index is 0.0202. The zero-order chi connectivity index (χ0) is 14.8. The smallest absolute Gasteiger partial charge is 0.339 e. The predicted octanol–water partition coefficient (Wildman–Crippen LogP) is 2.33. The van der Waals surface area contributed by atoms with Gasteiger partial charge >= 0.3 is 5.97 Å². The summed E-state index contributed by atoms with van der Waals surface area (Å²) < 4.78 is 27.6. The van der Waals surface area contributed by atoms with E-state index in [0.717, 1.165) is 12.5 Å². The number of carbonyl (C=O) groups is 1. The van der Waals surface area contributed by atoms with Crippen molar-refractivity contribution in [1.29, 1.82) is 0 Å². The molecule has 1 aromatic carbocycles. The molecule has 0 radical (unpaired) electrons. The van der Waals surface area contributed by atoms with Gasteiger partial charge in [-0.2, -0.15) is 0 Å². The molecule has 0 atom stereocenters. The molecule has 0 unspecified atom stereocenters. The van der Waals surface area contributed by atoms with Gasteiger partial charge in [-0.3, -0.25) is 0 Å². The van der Waals surface area contributed by atoms with Crippen molar-refractivity contribution in [1.82, 2.24) is 0 Å². The fraction of sp³-hybridized carbons (Fsp3) is 0.462. The van der Waals surface area contributed by atoms with E-state index >= 15 is 0 Å². The largest absolute Gasteiger partial charge is 0.462 e. The van der Waals surface area contributed by atoms with Crippen molar-refractivity contribution in [3.05, 3.63) is 28.8 Å². The maximum absolute atomic E-state index is 11.9. The fourth-order valence-electron chi connectivity index (χ4n) is 2.02. The Morgan fingerprint density at radius 1 is 1.40 bits per heavy atom. The highest BCUT2D eigenvalue weighted by Gasteiger charge is 2.20. The Labute approximate surface area is 123 Å². The second kappa shape index (κ2) is 6.11. The number of carbonyl (C=O) groups excluding carboxylic acids is 1. The number of primary sulfonamides is 1. The minimum atomic E-state index is -3.87. The van der Waals surface area contributed by atoms with E-state index in [9.17, 15) is 13.2 Å². The first-order chi connectivity index (χ1) is 9.38. The fourth-order valence-corrected chi connectivity index (χ4v) is 2.75. The third kappa shape index (κ3) is 3.71. The maximum atomic E-state index is 11.9. The third-order valence-corrected chi connectivity index (χ3v) is 4.71. The first-order valence-corrected chi connectivity index (χ1v) is 8.30. The van der Waals surface area contributed by atoms with Crippen LogP contribution in [0.3, 0.4) is 0 Å². The summed E-state index contributed by atoms with van der Waals surface area (Å²) in [6.07, 6.45) is 4.43. The van der Waals surface area contributed by atoms with Crippen molar-refractivity contribution < 1.29 is 17.9 Å². The molecule has 0 amide bonds. The average molecular weight is 318 g/mol. The molecule has 1 fully saturated rings. The standard InChI is InChI=1S/C13H16ClNO4S/c14-12-5-4-10(20(15,17)18)8-11(12)13(16)19-7-6-9-2-1-3-9/h4-5,8-9H,1-3,6-7H2,(H2,15,17,18). The zero-order valence-corrected chi connectivity index (χ0v) is 12.4. The lowest BCUT2D eigenvalue weighted by Crippen LogP contribution is -2.16. The van der Waals surface area contributed by atoms with Crippen LogP contribution in [-0.4, -0.2) is 21.0 Å². The van der Waals surface area contributed by atoms with Gasteiger partial charge in [0.2, 0.25) is 10.0 Å². The van der Waals surface area contributed by atoms with Crippen LogP contribution in [0.1, 0.15) is 36.0 Å². The molecule has 110 valence electrons. The van der Waals surface area contributed by atoms with Crippen molar-refractivity contribution in [2.24, 2.45) is 11.1 Å². The Morgan fingerprint density at radius 2 is 2.10 bits per heavy atom. The molecule has 2 rings (SSSR count). The van der Waals surface area contributed by atoms with Gasteiger partial charge in [0.25, 0.3) is 0 Å². The predicted molar refractivity (Wildman–Crippen MR) is 75.1 cm³/mol. The molecule has 0 saturated heterocycles. The first-order valence-electron chi connectivity index (χ1n) is 6.37. The normalized spacial score (nSPS) is 15.7. The highest BCUT2D eigenvalue weighted by atomic mass is 35.5. The number of benzene rings is 1. The van der Waals surface area contributed by atoms with E-state index < -0.39 is 16.0 Å². The number of nitrogens with two attached hydrogens (primary N) is 1. The van der Waals surface area contributed by atoms with E-state index in [0.29, 0.717) is 12.5 Å².